The van der Waals surface area contributed by atoms with Crippen LogP contribution in [0.25, 0.3) is 11.0 Å². The Kier molecular flexibility index (Phi) is 4.77. The number of nitrogen functional groups attached to an aromatic ring is 1. The van der Waals surface area contributed by atoms with Crippen molar-refractivity contribution in [2.45, 2.75) is 69.8 Å². The summed E-state index contributed by atoms with van der Waals surface area (Å²) in [6.07, 6.45) is 5.09. The third kappa shape index (κ3) is 3.39. The molecule has 0 aliphatic heterocycles. The number of fused-ring (bicyclic) bond motifs is 1. The van der Waals surface area contributed by atoms with Crippen LogP contribution in [0.1, 0.15) is 51.5 Å². The molecule has 2 aromatic rings. The minimum Gasteiger partial charge on any atom is -0.460 e. The number of ether oxygens (including phenoxy) is 1. The number of hydrogen-bond acceptors (Lipinski definition) is 7. The first-order valence-corrected chi connectivity index (χ1v) is 9.65. The van der Waals surface area contributed by atoms with Crippen LogP contribution in [0.3, 0.4) is 0 Å². The molecule has 27 heavy (non-hydrogen) atoms. The van der Waals surface area contributed by atoms with Gasteiger partial charge in [-0.3, -0.25) is 4.79 Å². The van der Waals surface area contributed by atoms with Gasteiger partial charge >= 0.3 is 6.01 Å². The Hall–Kier alpha value is -2.19. The van der Waals surface area contributed by atoms with E-state index in [9.17, 15) is 15.0 Å². The molecule has 0 aromatic carbocycles. The summed E-state index contributed by atoms with van der Waals surface area (Å²) < 4.78 is 7.68. The number of pyridine rings is 1. The second kappa shape index (κ2) is 7.09. The zero-order chi connectivity index (χ0) is 19.1. The molecular formula is C19H26N4O4. The number of hydrogen-bond donors (Lipinski definition) is 3. The highest BCUT2D eigenvalue weighted by Gasteiger charge is 2.35. The number of aliphatic hydroxyl groups is 2. The predicted octanol–water partition coefficient (Wildman–Crippen LogP) is 1.39. The molecule has 0 amide bonds. The van der Waals surface area contributed by atoms with Gasteiger partial charge in [-0.2, -0.15) is 9.97 Å². The molecule has 0 unspecified atom stereocenters. The maximum atomic E-state index is 12.3. The number of nitrogens with two attached hydrogens (primary N) is 1. The van der Waals surface area contributed by atoms with Crippen molar-refractivity contribution in [2.75, 3.05) is 5.73 Å². The Morgan fingerprint density at radius 1 is 1.15 bits per heavy atom. The summed E-state index contributed by atoms with van der Waals surface area (Å²) >= 11 is 0. The highest BCUT2D eigenvalue weighted by molar-refractivity contribution is 5.85. The molecule has 2 fully saturated rings. The van der Waals surface area contributed by atoms with Crippen LogP contribution in [0.15, 0.2) is 17.1 Å². The van der Waals surface area contributed by atoms with Gasteiger partial charge in [0.05, 0.1) is 12.1 Å². The first kappa shape index (κ1) is 18.2. The molecule has 0 saturated heterocycles. The second-order valence-corrected chi connectivity index (χ2v) is 7.88. The smallest absolute Gasteiger partial charge is 0.320 e. The first-order valence-electron chi connectivity index (χ1n) is 9.65. The summed E-state index contributed by atoms with van der Waals surface area (Å²) in [6.45, 7) is 2.24. The lowest BCUT2D eigenvalue weighted by molar-refractivity contribution is 0.0241. The fourth-order valence-electron chi connectivity index (χ4n) is 4.23. The van der Waals surface area contributed by atoms with Crippen LogP contribution >= 0.6 is 0 Å². The van der Waals surface area contributed by atoms with E-state index in [-0.39, 0.29) is 34.8 Å². The zero-order valence-electron chi connectivity index (χ0n) is 15.4. The van der Waals surface area contributed by atoms with Crippen molar-refractivity contribution in [1.29, 1.82) is 0 Å². The van der Waals surface area contributed by atoms with E-state index in [1.165, 1.54) is 6.07 Å². The summed E-state index contributed by atoms with van der Waals surface area (Å²) in [4.78, 5) is 21.0. The highest BCUT2D eigenvalue weighted by Crippen LogP contribution is 2.33. The molecule has 146 valence electrons. The number of rotatable bonds is 3. The molecular weight excluding hydrogens is 348 g/mol. The Balaban J connectivity index is 1.73. The van der Waals surface area contributed by atoms with Crippen molar-refractivity contribution >= 4 is 16.9 Å². The van der Waals surface area contributed by atoms with Gasteiger partial charge in [-0.25, -0.2) is 0 Å². The van der Waals surface area contributed by atoms with Crippen LogP contribution in [-0.2, 0) is 0 Å². The Morgan fingerprint density at radius 3 is 2.56 bits per heavy atom. The van der Waals surface area contributed by atoms with Crippen molar-refractivity contribution in [3.05, 3.63) is 22.5 Å². The largest absolute Gasteiger partial charge is 0.460 e. The van der Waals surface area contributed by atoms with Crippen LogP contribution < -0.4 is 15.9 Å². The molecule has 3 atom stereocenters. The lowest BCUT2D eigenvalue weighted by Gasteiger charge is -2.26. The standard InChI is InChI=1S/C19H26N4O4/c1-10-2-4-11(5-3-10)27-19-21-17(20)15-13(24)8-9-23(18(15)22-19)12-6-7-14(25)16(12)26/h8-12,14,16,25-26H,2-7H2,1H3,(H2,20,21,22)/t10?,11?,12-,14-,16+/m0/s1. The minimum absolute atomic E-state index is 0.0424. The summed E-state index contributed by atoms with van der Waals surface area (Å²) in [7, 11) is 0. The van der Waals surface area contributed by atoms with Gasteiger partial charge in [0.15, 0.2) is 11.1 Å². The first-order chi connectivity index (χ1) is 12.9. The average molecular weight is 374 g/mol. The maximum absolute atomic E-state index is 12.3. The van der Waals surface area contributed by atoms with Crippen LogP contribution in [0, 0.1) is 5.92 Å². The van der Waals surface area contributed by atoms with Crippen molar-refractivity contribution in [1.82, 2.24) is 14.5 Å². The SMILES string of the molecule is CC1CCC(Oc2nc(N)c3c(=O)ccn([C@H]4CC[C@H](O)[C@@H]4O)c3n2)CC1. The number of aromatic nitrogens is 3. The zero-order valence-corrected chi connectivity index (χ0v) is 15.4. The second-order valence-electron chi connectivity index (χ2n) is 7.88. The van der Waals surface area contributed by atoms with Gasteiger partial charge in [0.1, 0.15) is 23.4 Å². The van der Waals surface area contributed by atoms with Gasteiger partial charge < -0.3 is 25.3 Å². The summed E-state index contributed by atoms with van der Waals surface area (Å²) in [5, 5.41) is 20.4. The number of anilines is 1. The van der Waals surface area contributed by atoms with Crippen molar-refractivity contribution in [2.24, 2.45) is 5.92 Å². The summed E-state index contributed by atoms with van der Waals surface area (Å²) in [5.41, 5.74) is 6.13. The molecule has 2 saturated carbocycles. The molecule has 8 nitrogen and oxygen atoms in total. The maximum Gasteiger partial charge on any atom is 0.320 e. The Morgan fingerprint density at radius 2 is 1.89 bits per heavy atom. The van der Waals surface area contributed by atoms with Gasteiger partial charge in [-0.15, -0.1) is 0 Å². The summed E-state index contributed by atoms with van der Waals surface area (Å²) in [5.74, 6) is 0.777. The molecule has 4 N–H and O–H groups in total. The fourth-order valence-corrected chi connectivity index (χ4v) is 4.23. The molecule has 2 aliphatic rings. The molecule has 4 rings (SSSR count). The predicted molar refractivity (Wildman–Crippen MR) is 101 cm³/mol. The number of nitrogens with zero attached hydrogens (tertiary/aromatic N) is 3. The molecule has 0 spiro atoms. The Bertz CT molecular complexity index is 891. The fraction of sp³-hybridized carbons (Fsp3) is 0.632. The quantitative estimate of drug-likeness (QED) is 0.741. The Labute approximate surface area is 157 Å². The van der Waals surface area contributed by atoms with Crippen molar-refractivity contribution < 1.29 is 14.9 Å². The topological polar surface area (TPSA) is 123 Å². The molecule has 2 aliphatic carbocycles. The number of aliphatic hydroxyl groups excluding tert-OH is 2. The van der Waals surface area contributed by atoms with Gasteiger partial charge in [0, 0.05) is 12.3 Å². The molecule has 0 bridgehead atoms. The van der Waals surface area contributed by atoms with E-state index in [0.29, 0.717) is 24.4 Å². The lowest BCUT2D eigenvalue weighted by Crippen LogP contribution is -2.29. The van der Waals surface area contributed by atoms with Gasteiger partial charge in [-0.1, -0.05) is 6.92 Å². The van der Waals surface area contributed by atoms with E-state index in [0.717, 1.165) is 25.7 Å². The van der Waals surface area contributed by atoms with E-state index in [4.69, 9.17) is 10.5 Å². The average Bonchev–Trinajstić information content (AvgIpc) is 2.96. The molecule has 0 radical (unpaired) electrons. The van der Waals surface area contributed by atoms with Crippen molar-refractivity contribution in [3.8, 4) is 6.01 Å². The molecule has 2 aromatic heterocycles. The summed E-state index contributed by atoms with van der Waals surface area (Å²) in [6, 6.07) is 1.18. The normalized spacial score (nSPS) is 31.3. The highest BCUT2D eigenvalue weighted by atomic mass is 16.5. The monoisotopic (exact) mass is 374 g/mol. The van der Waals surface area contributed by atoms with E-state index >= 15 is 0 Å². The lowest BCUT2D eigenvalue weighted by atomic mass is 9.89. The van der Waals surface area contributed by atoms with E-state index in [1.807, 2.05) is 0 Å². The molecule has 2 heterocycles. The van der Waals surface area contributed by atoms with Crippen LogP contribution in [0.5, 0.6) is 6.01 Å². The van der Waals surface area contributed by atoms with Gasteiger partial charge in [-0.05, 0) is 44.4 Å². The van der Waals surface area contributed by atoms with Gasteiger partial charge in [0.2, 0.25) is 0 Å². The third-order valence-corrected chi connectivity index (χ3v) is 5.91. The van der Waals surface area contributed by atoms with Crippen LogP contribution in [-0.4, -0.2) is 43.1 Å². The van der Waals surface area contributed by atoms with E-state index in [1.54, 1.807) is 10.8 Å². The van der Waals surface area contributed by atoms with Crippen LogP contribution in [0.4, 0.5) is 5.82 Å². The van der Waals surface area contributed by atoms with Crippen LogP contribution in [0.2, 0.25) is 0 Å². The minimum atomic E-state index is -0.920. The van der Waals surface area contributed by atoms with E-state index < -0.39 is 12.2 Å². The molecule has 8 heteroatoms. The van der Waals surface area contributed by atoms with Crippen molar-refractivity contribution in [3.63, 3.8) is 0 Å². The third-order valence-electron chi connectivity index (χ3n) is 5.91. The van der Waals surface area contributed by atoms with E-state index in [2.05, 4.69) is 16.9 Å². The van der Waals surface area contributed by atoms with Gasteiger partial charge in [0.25, 0.3) is 0 Å².